The number of nitro benzene ring substituents is 8. The molecule has 0 atom stereocenters. The van der Waals surface area contributed by atoms with Gasteiger partial charge < -0.3 is 4.74 Å². The van der Waals surface area contributed by atoms with Gasteiger partial charge in [0.25, 0.3) is 0 Å². The molecule has 0 aliphatic rings. The van der Waals surface area contributed by atoms with E-state index in [1.54, 1.807) is 0 Å². The van der Waals surface area contributed by atoms with E-state index in [-0.39, 0.29) is 10.0 Å². The van der Waals surface area contributed by atoms with Gasteiger partial charge in [0.05, 0.1) is 59.5 Å². The molecular formula is C24H4Cl6N8O17. The van der Waals surface area contributed by atoms with Crippen LogP contribution in [0.15, 0.2) is 24.3 Å². The van der Waals surface area contributed by atoms with Crippen molar-refractivity contribution >= 4 is 115 Å². The van der Waals surface area contributed by atoms with Crippen molar-refractivity contribution in [1.29, 1.82) is 0 Å². The summed E-state index contributed by atoms with van der Waals surface area (Å²) in [7, 11) is 0. The average molecular weight is 889 g/mol. The molecule has 0 fully saturated rings. The van der Waals surface area contributed by atoms with Crippen LogP contribution in [-0.2, 0) is 0 Å². The zero-order valence-electron chi connectivity index (χ0n) is 25.1. The van der Waals surface area contributed by atoms with Crippen LogP contribution in [0.5, 0.6) is 11.5 Å². The predicted octanol–water partition coefficient (Wildman–Crippen LogP) is 10.00. The lowest BCUT2D eigenvalue weighted by Gasteiger charge is -2.18. The fourth-order valence-electron chi connectivity index (χ4n) is 5.07. The lowest BCUT2D eigenvalue weighted by Crippen LogP contribution is -2.11. The fraction of sp³-hybridized carbons (Fsp3) is 0. The van der Waals surface area contributed by atoms with Crippen molar-refractivity contribution in [3.63, 3.8) is 0 Å². The molecule has 0 bridgehead atoms. The fourth-order valence-corrected chi connectivity index (χ4v) is 7.08. The summed E-state index contributed by atoms with van der Waals surface area (Å²) in [6.07, 6.45) is 0. The maximum absolute atomic E-state index is 12.7. The summed E-state index contributed by atoms with van der Waals surface area (Å²) in [5.74, 6) is -4.11. The highest BCUT2D eigenvalue weighted by Crippen LogP contribution is 2.63. The van der Waals surface area contributed by atoms with Crippen LogP contribution in [0.4, 0.5) is 45.5 Å². The Morgan fingerprint density at radius 1 is 0.327 bits per heavy atom. The molecule has 0 aromatic heterocycles. The topological polar surface area (TPSA) is 354 Å². The normalized spacial score (nSPS) is 10.8. The summed E-state index contributed by atoms with van der Waals surface area (Å²) in [5, 5.41) is 95.3. The van der Waals surface area contributed by atoms with Crippen molar-refractivity contribution in [1.82, 2.24) is 0 Å². The Hall–Kier alpha value is -6.38. The van der Waals surface area contributed by atoms with Crippen molar-refractivity contribution in [3.8, 4) is 33.8 Å². The first-order valence-corrected chi connectivity index (χ1v) is 15.3. The van der Waals surface area contributed by atoms with Gasteiger partial charge in [-0.25, -0.2) is 0 Å². The Balaban J connectivity index is 2.59. The van der Waals surface area contributed by atoms with E-state index in [0.29, 0.717) is 0 Å². The minimum Gasteiger partial charge on any atom is -0.440 e. The Morgan fingerprint density at radius 2 is 0.527 bits per heavy atom. The van der Waals surface area contributed by atoms with Crippen molar-refractivity contribution < 1.29 is 44.1 Å². The van der Waals surface area contributed by atoms with Crippen molar-refractivity contribution in [2.75, 3.05) is 0 Å². The first kappa shape index (κ1) is 41.4. The third-order valence-corrected chi connectivity index (χ3v) is 8.51. The Labute approximate surface area is 327 Å². The molecule has 4 rings (SSSR count). The van der Waals surface area contributed by atoms with E-state index in [9.17, 15) is 80.9 Å². The van der Waals surface area contributed by atoms with E-state index in [0.717, 1.165) is 24.3 Å². The SMILES string of the molecule is O=[N+]([O-])c1c(Oc2c(-c3c(Cl)cc(Cl)cc3Cl)c([N+](=O)[O-])c([N+](=O)[O-])c([N+](=O)[O-])c2[N+](=O)[O-])c(-c2c(Cl)cc(Cl)cc2Cl)c([N+](=O)[O-])c([N+](=O)[O-])c1[N+](=O)[O-]. The maximum atomic E-state index is 12.7. The second-order valence-corrected chi connectivity index (χ2v) is 12.3. The molecule has 0 saturated carbocycles. The average Bonchev–Trinajstić information content (AvgIpc) is 3.02. The van der Waals surface area contributed by atoms with Crippen LogP contribution in [0.2, 0.25) is 30.1 Å². The molecule has 0 heterocycles. The third kappa shape index (κ3) is 7.16. The highest BCUT2D eigenvalue weighted by Gasteiger charge is 2.55. The number of hydrogen-bond donors (Lipinski definition) is 0. The number of ether oxygens (including phenoxy) is 1. The van der Waals surface area contributed by atoms with Crippen molar-refractivity contribution in [2.45, 2.75) is 0 Å². The van der Waals surface area contributed by atoms with Gasteiger partial charge in [0.15, 0.2) is 0 Å². The van der Waals surface area contributed by atoms with Gasteiger partial charge in [-0.3, -0.25) is 80.9 Å². The van der Waals surface area contributed by atoms with Crippen LogP contribution >= 0.6 is 69.6 Å². The Morgan fingerprint density at radius 3 is 0.727 bits per heavy atom. The first-order chi connectivity index (χ1) is 25.5. The van der Waals surface area contributed by atoms with Gasteiger partial charge in [-0.2, -0.15) is 0 Å². The molecule has 0 spiro atoms. The molecule has 0 aliphatic carbocycles. The molecule has 0 radical (unpaired) electrons. The molecular weight excluding hydrogens is 885 g/mol. The van der Waals surface area contributed by atoms with Gasteiger partial charge in [-0.1, -0.05) is 69.6 Å². The van der Waals surface area contributed by atoms with E-state index >= 15 is 0 Å². The molecule has 284 valence electrons. The molecule has 0 aliphatic heterocycles. The molecule has 4 aromatic rings. The van der Waals surface area contributed by atoms with Gasteiger partial charge in [0, 0.05) is 21.2 Å². The van der Waals surface area contributed by atoms with Crippen LogP contribution in [0.25, 0.3) is 22.3 Å². The smallest absolute Gasteiger partial charge is 0.433 e. The number of halogens is 6. The zero-order valence-corrected chi connectivity index (χ0v) is 29.6. The van der Waals surface area contributed by atoms with Crippen LogP contribution in [0.1, 0.15) is 0 Å². The van der Waals surface area contributed by atoms with Crippen molar-refractivity contribution in [3.05, 3.63) is 135 Å². The van der Waals surface area contributed by atoms with Gasteiger partial charge in [0.2, 0.25) is 11.5 Å². The molecule has 4 aromatic carbocycles. The maximum Gasteiger partial charge on any atom is 0.433 e. The largest absolute Gasteiger partial charge is 0.440 e. The number of rotatable bonds is 12. The summed E-state index contributed by atoms with van der Waals surface area (Å²) in [6.45, 7) is 0. The number of nitro groups is 8. The molecule has 0 unspecified atom stereocenters. The zero-order chi connectivity index (χ0) is 41.7. The van der Waals surface area contributed by atoms with Gasteiger partial charge >= 0.3 is 45.5 Å². The van der Waals surface area contributed by atoms with Crippen LogP contribution in [0, 0.1) is 80.9 Å². The highest BCUT2D eigenvalue weighted by molar-refractivity contribution is 6.43. The summed E-state index contributed by atoms with van der Waals surface area (Å²) < 4.78 is 5.40. The minimum atomic E-state index is -2.36. The second-order valence-electron chi connectivity index (χ2n) is 9.84. The molecule has 55 heavy (non-hydrogen) atoms. The van der Waals surface area contributed by atoms with Gasteiger partial charge in [0.1, 0.15) is 11.1 Å². The summed E-state index contributed by atoms with van der Waals surface area (Å²) in [5.41, 5.74) is -23.5. The monoisotopic (exact) mass is 886 g/mol. The van der Waals surface area contributed by atoms with E-state index < -0.39 is 139 Å². The number of benzene rings is 4. The van der Waals surface area contributed by atoms with Crippen LogP contribution in [0.3, 0.4) is 0 Å². The Bertz CT molecular complexity index is 2320. The van der Waals surface area contributed by atoms with E-state index in [1.807, 2.05) is 0 Å². The van der Waals surface area contributed by atoms with Crippen LogP contribution < -0.4 is 4.74 Å². The molecule has 0 amide bonds. The standard InChI is InChI=1S/C24H4Cl6N8O17/c25-5-1-7(27)11(8(28)2-5)13-15(31(39)40)17(33(43)44)19(35(47)48)21(37(51)52)23(13)55-24-14(12-9(29)3-6(26)4-10(12)30)16(32(41)42)18(34(45)46)20(36(49)50)22(24)38(53)54/h1-4H. The molecule has 31 heteroatoms. The third-order valence-electron chi connectivity index (χ3n) is 6.88. The molecule has 0 N–H and O–H groups in total. The van der Waals surface area contributed by atoms with Gasteiger partial charge in [-0.05, 0) is 24.3 Å². The second kappa shape index (κ2) is 15.2. The van der Waals surface area contributed by atoms with E-state index in [4.69, 9.17) is 74.3 Å². The molecule has 25 nitrogen and oxygen atoms in total. The highest BCUT2D eigenvalue weighted by atomic mass is 35.5. The van der Waals surface area contributed by atoms with E-state index in [2.05, 4.69) is 0 Å². The summed E-state index contributed by atoms with van der Waals surface area (Å²) in [6, 6.07) is 2.89. The lowest BCUT2D eigenvalue weighted by atomic mass is 9.96. The van der Waals surface area contributed by atoms with Crippen molar-refractivity contribution in [2.24, 2.45) is 0 Å². The minimum absolute atomic E-state index is 0.374. The summed E-state index contributed by atoms with van der Waals surface area (Å²) in [4.78, 5) is 85.0. The molecule has 0 saturated heterocycles. The lowest BCUT2D eigenvalue weighted by molar-refractivity contribution is -0.452. The predicted molar refractivity (Wildman–Crippen MR) is 187 cm³/mol. The van der Waals surface area contributed by atoms with Gasteiger partial charge in [-0.15, -0.1) is 0 Å². The first-order valence-electron chi connectivity index (χ1n) is 13.1. The van der Waals surface area contributed by atoms with E-state index in [1.165, 1.54) is 0 Å². The Kier molecular flexibility index (Phi) is 11.4. The quantitative estimate of drug-likeness (QED) is 0.0942. The van der Waals surface area contributed by atoms with Crippen LogP contribution in [-0.4, -0.2) is 39.4 Å². The number of hydrogen-bond acceptors (Lipinski definition) is 17. The number of nitrogens with zero attached hydrogens (tertiary/aromatic N) is 8. The summed E-state index contributed by atoms with van der Waals surface area (Å²) >= 11 is 36.6.